The maximum Gasteiger partial charge on any atom is 0.491 e. The Balaban J connectivity index is 1.74. The first-order chi connectivity index (χ1) is 21.9. The average Bonchev–Trinajstić information content (AvgIpc) is 3.01. The molecule has 0 aliphatic carbocycles. The number of nitrogens with zero attached hydrogens (tertiary/aromatic N) is 2. The van der Waals surface area contributed by atoms with Crippen molar-refractivity contribution in [2.24, 2.45) is 5.84 Å². The third-order valence-electron chi connectivity index (χ3n) is 6.72. The molecule has 13 heteroatoms. The summed E-state index contributed by atoms with van der Waals surface area (Å²) in [5.41, 5.74) is 1.21. The number of esters is 2. The van der Waals surface area contributed by atoms with Crippen molar-refractivity contribution < 1.29 is 41.8 Å². The number of anilines is 1. The smallest absolute Gasteiger partial charge is 0.490 e. The van der Waals surface area contributed by atoms with Crippen LogP contribution >= 0.6 is 0 Å². The molecule has 4 aromatic rings. The van der Waals surface area contributed by atoms with Gasteiger partial charge in [0.1, 0.15) is 6.04 Å². The van der Waals surface area contributed by atoms with Crippen molar-refractivity contribution in [2.75, 3.05) is 11.6 Å². The summed E-state index contributed by atoms with van der Waals surface area (Å²) in [6.07, 6.45) is -3.02. The van der Waals surface area contributed by atoms with Gasteiger partial charge in [-0.15, -0.1) is 0 Å². The zero-order chi connectivity index (χ0) is 33.4. The number of benzene rings is 3. The van der Waals surface area contributed by atoms with Gasteiger partial charge >= 0.3 is 18.1 Å². The zero-order valence-corrected chi connectivity index (χ0v) is 25.3. The van der Waals surface area contributed by atoms with E-state index in [2.05, 4.69) is 15.0 Å². The number of nitrogens with two attached hydrogens (primary N) is 1. The number of aromatic nitrogens is 1. The highest BCUT2D eigenvalue weighted by molar-refractivity contribution is 5.91. The number of ether oxygens (including phenoxy) is 3. The van der Waals surface area contributed by atoms with E-state index >= 15 is 0 Å². The van der Waals surface area contributed by atoms with Crippen molar-refractivity contribution in [2.45, 2.75) is 51.6 Å². The second kappa shape index (κ2) is 14.7. The minimum Gasteiger partial charge on any atom is -0.490 e. The number of pyridine rings is 1. The van der Waals surface area contributed by atoms with Crippen LogP contribution in [0.5, 0.6) is 11.5 Å². The van der Waals surface area contributed by atoms with Gasteiger partial charge < -0.3 is 19.5 Å². The van der Waals surface area contributed by atoms with Crippen LogP contribution in [0.3, 0.4) is 0 Å². The minimum atomic E-state index is -5.37. The van der Waals surface area contributed by atoms with Crippen LogP contribution in [0.4, 0.5) is 18.9 Å². The van der Waals surface area contributed by atoms with Gasteiger partial charge in [-0.1, -0.05) is 42.5 Å². The molecule has 4 rings (SSSR count). The fourth-order valence-corrected chi connectivity index (χ4v) is 4.69. The fraction of sp³-hybridized carbons (Fsp3) is 0.273. The number of amides is 1. The van der Waals surface area contributed by atoms with Gasteiger partial charge in [0.15, 0.2) is 11.5 Å². The molecule has 0 fully saturated rings. The van der Waals surface area contributed by atoms with Crippen LogP contribution < -0.4 is 25.6 Å². The number of alkyl halides is 3. The lowest BCUT2D eigenvalue weighted by atomic mass is 10.00. The van der Waals surface area contributed by atoms with Crippen LogP contribution in [-0.4, -0.2) is 41.7 Å². The second-order valence-electron chi connectivity index (χ2n) is 10.5. The zero-order valence-electron chi connectivity index (χ0n) is 25.3. The number of carbonyl (C=O) groups excluding carboxylic acids is 3. The van der Waals surface area contributed by atoms with Crippen molar-refractivity contribution in [1.29, 1.82) is 0 Å². The lowest BCUT2D eigenvalue weighted by Gasteiger charge is -2.31. The summed E-state index contributed by atoms with van der Waals surface area (Å²) in [7, 11) is 0. The monoisotopic (exact) mass is 638 g/mol. The predicted molar refractivity (Wildman–Crippen MR) is 164 cm³/mol. The van der Waals surface area contributed by atoms with Crippen LogP contribution in [-0.2, 0) is 19.1 Å². The SMILES string of the molecule is CCOc1cc(C(C(=O)N[C@H](CC(=O)OC(=O)C(F)(F)F)c2ccccc2)N(N)c2ccc3cnccc3c2)ccc1OC(C)C. The van der Waals surface area contributed by atoms with E-state index in [1.807, 2.05) is 13.8 Å². The van der Waals surface area contributed by atoms with Gasteiger partial charge in [-0.05, 0) is 67.6 Å². The molecule has 3 N–H and O–H groups in total. The first-order valence-electron chi connectivity index (χ1n) is 14.4. The number of nitrogens with one attached hydrogen (secondary N) is 1. The Hall–Kier alpha value is -5.17. The summed E-state index contributed by atoms with van der Waals surface area (Å²) in [6, 6.07) is 17.6. The van der Waals surface area contributed by atoms with Gasteiger partial charge in [0, 0.05) is 17.8 Å². The van der Waals surface area contributed by atoms with Crippen molar-refractivity contribution in [3.63, 3.8) is 0 Å². The Morgan fingerprint density at radius 3 is 2.35 bits per heavy atom. The van der Waals surface area contributed by atoms with Crippen LogP contribution in [0, 0.1) is 0 Å². The van der Waals surface area contributed by atoms with E-state index in [0.717, 1.165) is 10.8 Å². The summed E-state index contributed by atoms with van der Waals surface area (Å²) in [5.74, 6) is 2.63. The number of hydrogen-bond donors (Lipinski definition) is 2. The molecule has 0 spiro atoms. The van der Waals surface area contributed by atoms with Crippen molar-refractivity contribution in [3.8, 4) is 11.5 Å². The van der Waals surface area contributed by atoms with Gasteiger partial charge in [0.25, 0.3) is 0 Å². The van der Waals surface area contributed by atoms with Gasteiger partial charge in [-0.3, -0.25) is 19.6 Å². The molecule has 0 saturated carbocycles. The molecule has 0 aliphatic rings. The summed E-state index contributed by atoms with van der Waals surface area (Å²) in [4.78, 5) is 42.1. The molecular formula is C33H33F3N4O6. The third-order valence-corrected chi connectivity index (χ3v) is 6.72. The maximum atomic E-state index is 14.2. The summed E-state index contributed by atoms with van der Waals surface area (Å²) >= 11 is 0. The predicted octanol–water partition coefficient (Wildman–Crippen LogP) is 5.72. The molecule has 0 radical (unpaired) electrons. The van der Waals surface area contributed by atoms with Crippen LogP contribution in [0.15, 0.2) is 85.2 Å². The highest BCUT2D eigenvalue weighted by atomic mass is 19.4. The Morgan fingerprint density at radius 1 is 0.935 bits per heavy atom. The average molecular weight is 639 g/mol. The molecule has 0 bridgehead atoms. The molecule has 1 heterocycles. The minimum absolute atomic E-state index is 0.169. The van der Waals surface area contributed by atoms with Gasteiger partial charge in [0.2, 0.25) is 5.91 Å². The number of fused-ring (bicyclic) bond motifs is 1. The number of rotatable bonds is 12. The fourth-order valence-electron chi connectivity index (χ4n) is 4.69. The lowest BCUT2D eigenvalue weighted by molar-refractivity contribution is -0.202. The van der Waals surface area contributed by atoms with E-state index in [9.17, 15) is 27.6 Å². The topological polar surface area (TPSA) is 133 Å². The quantitative estimate of drug-likeness (QED) is 0.0865. The molecule has 242 valence electrons. The van der Waals surface area contributed by atoms with E-state index in [1.165, 1.54) is 5.01 Å². The van der Waals surface area contributed by atoms with E-state index < -0.39 is 42.5 Å². The van der Waals surface area contributed by atoms with Crippen LogP contribution in [0.25, 0.3) is 10.8 Å². The van der Waals surface area contributed by atoms with Crippen LogP contribution in [0.2, 0.25) is 0 Å². The van der Waals surface area contributed by atoms with Gasteiger partial charge in [0.05, 0.1) is 30.9 Å². The van der Waals surface area contributed by atoms with Gasteiger partial charge in [-0.25, -0.2) is 10.6 Å². The van der Waals surface area contributed by atoms with E-state index in [1.54, 1.807) is 92.1 Å². The lowest BCUT2D eigenvalue weighted by Crippen LogP contribution is -2.46. The van der Waals surface area contributed by atoms with Crippen LogP contribution in [0.1, 0.15) is 50.4 Å². The molecule has 0 saturated heterocycles. The maximum absolute atomic E-state index is 14.2. The van der Waals surface area contributed by atoms with Gasteiger partial charge in [-0.2, -0.15) is 13.2 Å². The molecule has 0 aliphatic heterocycles. The number of carbonyl (C=O) groups is 3. The van der Waals surface area contributed by atoms with Crippen molar-refractivity contribution in [3.05, 3.63) is 96.3 Å². The normalized spacial score (nSPS) is 12.7. The molecule has 1 amide bonds. The first kappa shape index (κ1) is 33.7. The Bertz CT molecular complexity index is 1680. The first-order valence-corrected chi connectivity index (χ1v) is 14.4. The molecule has 3 aromatic carbocycles. The summed E-state index contributed by atoms with van der Waals surface area (Å²) in [6.45, 7) is 5.80. The van der Waals surface area contributed by atoms with E-state index in [4.69, 9.17) is 15.3 Å². The summed E-state index contributed by atoms with van der Waals surface area (Å²) < 4.78 is 54.0. The molecule has 10 nitrogen and oxygen atoms in total. The number of hydrazine groups is 1. The highest BCUT2D eigenvalue weighted by Gasteiger charge is 2.43. The van der Waals surface area contributed by atoms with Crippen molar-refractivity contribution in [1.82, 2.24) is 10.3 Å². The van der Waals surface area contributed by atoms with Crippen molar-refractivity contribution >= 4 is 34.3 Å². The number of hydrogen-bond acceptors (Lipinski definition) is 9. The standard InChI is InChI=1S/C33H33F3N4O6/c1-4-44-28-17-23(11-13-27(28)45-20(2)3)30(40(37)25-12-10-24-19-38-15-14-22(24)16-25)31(42)39-26(21-8-6-5-7-9-21)18-29(41)46-32(43)33(34,35)36/h5-17,19-20,26,30H,4,18,37H2,1-3H3,(H,39,42)/t26-,30?/m1/s1. The Kier molecular flexibility index (Phi) is 10.8. The molecule has 46 heavy (non-hydrogen) atoms. The molecule has 1 unspecified atom stereocenters. The summed E-state index contributed by atoms with van der Waals surface area (Å²) in [5, 5.41) is 5.60. The number of halogens is 3. The molecular weight excluding hydrogens is 605 g/mol. The van der Waals surface area contributed by atoms with E-state index in [-0.39, 0.29) is 6.10 Å². The largest absolute Gasteiger partial charge is 0.491 e. The molecule has 2 atom stereocenters. The molecule has 1 aromatic heterocycles. The highest BCUT2D eigenvalue weighted by Crippen LogP contribution is 2.35. The third kappa shape index (κ3) is 8.51. The Morgan fingerprint density at radius 2 is 1.67 bits per heavy atom. The van der Waals surface area contributed by atoms with E-state index in [0.29, 0.717) is 34.9 Å². The Labute approximate surface area is 263 Å². The second-order valence-corrected chi connectivity index (χ2v) is 10.5.